The summed E-state index contributed by atoms with van der Waals surface area (Å²) in [5.74, 6) is 2.44. The zero-order valence-electron chi connectivity index (χ0n) is 19.8. The van der Waals surface area contributed by atoms with Crippen LogP contribution < -0.4 is 10.1 Å². The van der Waals surface area contributed by atoms with E-state index in [1.54, 1.807) is 7.11 Å². The lowest BCUT2D eigenvalue weighted by Crippen LogP contribution is -2.23. The fourth-order valence-corrected chi connectivity index (χ4v) is 4.61. The second-order valence-corrected chi connectivity index (χ2v) is 8.85. The number of nitrogens with one attached hydrogen (secondary N) is 2. The zero-order valence-corrected chi connectivity index (χ0v) is 19.8. The van der Waals surface area contributed by atoms with E-state index < -0.39 is 0 Å². The van der Waals surface area contributed by atoms with Gasteiger partial charge in [-0.2, -0.15) is 5.10 Å². The molecule has 174 valence electrons. The summed E-state index contributed by atoms with van der Waals surface area (Å²) in [6.45, 7) is 7.56. The van der Waals surface area contributed by atoms with Crippen molar-refractivity contribution in [2.75, 3.05) is 25.5 Å². The summed E-state index contributed by atoms with van der Waals surface area (Å²) in [5.41, 5.74) is 4.86. The molecule has 1 amide bonds. The number of methoxy groups -OCH3 is 1. The van der Waals surface area contributed by atoms with E-state index in [-0.39, 0.29) is 5.91 Å². The van der Waals surface area contributed by atoms with Gasteiger partial charge in [0.05, 0.1) is 19.7 Å². The highest BCUT2D eigenvalue weighted by Gasteiger charge is 2.34. The fourth-order valence-electron chi connectivity index (χ4n) is 4.61. The predicted octanol–water partition coefficient (Wildman–Crippen LogP) is 5.10. The number of aromatic amines is 1. The Kier molecular flexibility index (Phi) is 7.45. The van der Waals surface area contributed by atoms with Crippen LogP contribution in [0.3, 0.4) is 0 Å². The molecule has 0 saturated heterocycles. The average Bonchev–Trinajstić information content (AvgIpc) is 3.24. The number of aromatic nitrogens is 2. The maximum absolute atomic E-state index is 12.6. The summed E-state index contributed by atoms with van der Waals surface area (Å²) in [6, 6.07) is 16.6. The molecule has 2 N–H and O–H groups in total. The van der Waals surface area contributed by atoms with E-state index in [1.165, 1.54) is 11.1 Å². The first kappa shape index (κ1) is 23.1. The molecular formula is C27H34N4O2. The molecule has 6 nitrogen and oxygen atoms in total. The van der Waals surface area contributed by atoms with Crippen molar-refractivity contribution in [2.24, 2.45) is 0 Å². The zero-order chi connectivity index (χ0) is 23.2. The molecule has 0 aliphatic heterocycles. The van der Waals surface area contributed by atoms with Gasteiger partial charge in [0.2, 0.25) is 5.91 Å². The molecule has 3 aromatic rings. The number of anilines is 1. The molecule has 0 radical (unpaired) electrons. The molecule has 1 aromatic heterocycles. The van der Waals surface area contributed by atoms with Crippen LogP contribution in [0.15, 0.2) is 54.7 Å². The first-order valence-electron chi connectivity index (χ1n) is 11.9. The predicted molar refractivity (Wildman–Crippen MR) is 132 cm³/mol. The summed E-state index contributed by atoms with van der Waals surface area (Å²) >= 11 is 0. The molecule has 0 spiro atoms. The Labute approximate surface area is 196 Å². The first-order valence-corrected chi connectivity index (χ1v) is 11.9. The standard InChI is InChI=1S/C27H34N4O2/c1-4-31(5-2)18-20-7-6-8-21(13-20)22-15-23(16-22)25-17-28-30-27(25)29-26(32)14-19-9-11-24(33-3)12-10-19/h6-13,17,22-23H,4-5,14-16,18H2,1-3H3,(H2,28,29,30,32). The highest BCUT2D eigenvalue weighted by molar-refractivity contribution is 5.92. The van der Waals surface area contributed by atoms with Crippen molar-refractivity contribution in [3.8, 4) is 5.75 Å². The van der Waals surface area contributed by atoms with Crippen molar-refractivity contribution < 1.29 is 9.53 Å². The summed E-state index contributed by atoms with van der Waals surface area (Å²) in [7, 11) is 1.63. The van der Waals surface area contributed by atoms with E-state index in [1.807, 2.05) is 30.5 Å². The molecule has 1 aliphatic carbocycles. The lowest BCUT2D eigenvalue weighted by molar-refractivity contribution is -0.115. The normalized spacial score (nSPS) is 17.6. The Bertz CT molecular complexity index is 1050. The van der Waals surface area contributed by atoms with Crippen LogP contribution in [-0.2, 0) is 17.8 Å². The van der Waals surface area contributed by atoms with Crippen molar-refractivity contribution in [3.05, 3.63) is 77.0 Å². The molecule has 33 heavy (non-hydrogen) atoms. The quantitative estimate of drug-likeness (QED) is 0.454. The lowest BCUT2D eigenvalue weighted by Gasteiger charge is -2.36. The van der Waals surface area contributed by atoms with Crippen LogP contribution in [0, 0.1) is 0 Å². The highest BCUT2D eigenvalue weighted by atomic mass is 16.5. The van der Waals surface area contributed by atoms with E-state index in [9.17, 15) is 4.79 Å². The van der Waals surface area contributed by atoms with Crippen LogP contribution >= 0.6 is 0 Å². The molecule has 1 heterocycles. The van der Waals surface area contributed by atoms with Crippen molar-refractivity contribution in [3.63, 3.8) is 0 Å². The molecule has 1 fully saturated rings. The van der Waals surface area contributed by atoms with Crippen molar-refractivity contribution >= 4 is 11.7 Å². The Morgan fingerprint density at radius 1 is 1.09 bits per heavy atom. The number of hydrogen-bond acceptors (Lipinski definition) is 4. The molecule has 1 saturated carbocycles. The minimum atomic E-state index is -0.0503. The van der Waals surface area contributed by atoms with Gasteiger partial charge in [-0.3, -0.25) is 14.8 Å². The number of hydrogen-bond donors (Lipinski definition) is 2. The lowest BCUT2D eigenvalue weighted by atomic mass is 9.69. The SMILES string of the molecule is CCN(CC)Cc1cccc(C2CC(c3cn[nH]c3NC(=O)Cc3ccc(OC)cc3)C2)c1. The molecular weight excluding hydrogens is 412 g/mol. The number of carbonyl (C=O) groups excluding carboxylic acids is 1. The average molecular weight is 447 g/mol. The highest BCUT2D eigenvalue weighted by Crippen LogP contribution is 2.49. The molecule has 0 bridgehead atoms. The Hall–Kier alpha value is -3.12. The van der Waals surface area contributed by atoms with E-state index in [0.717, 1.165) is 55.2 Å². The van der Waals surface area contributed by atoms with Gasteiger partial charge in [-0.15, -0.1) is 0 Å². The second-order valence-electron chi connectivity index (χ2n) is 8.85. The smallest absolute Gasteiger partial charge is 0.229 e. The third kappa shape index (κ3) is 5.63. The van der Waals surface area contributed by atoms with Crippen molar-refractivity contribution in [2.45, 2.75) is 51.5 Å². The molecule has 6 heteroatoms. The third-order valence-electron chi connectivity index (χ3n) is 6.76. The van der Waals surface area contributed by atoms with Crippen LogP contribution in [0.5, 0.6) is 5.75 Å². The molecule has 0 atom stereocenters. The number of carbonyl (C=O) groups is 1. The summed E-state index contributed by atoms with van der Waals surface area (Å²) < 4.78 is 5.18. The topological polar surface area (TPSA) is 70.2 Å². The van der Waals surface area contributed by atoms with E-state index in [4.69, 9.17) is 4.74 Å². The van der Waals surface area contributed by atoms with Gasteiger partial charge in [-0.25, -0.2) is 0 Å². The Balaban J connectivity index is 1.33. The minimum absolute atomic E-state index is 0.0503. The van der Waals surface area contributed by atoms with Crippen molar-refractivity contribution in [1.82, 2.24) is 15.1 Å². The summed E-state index contributed by atoms with van der Waals surface area (Å²) in [4.78, 5) is 15.0. The van der Waals surface area contributed by atoms with E-state index in [2.05, 4.69) is 58.5 Å². The fraction of sp³-hybridized carbons (Fsp3) is 0.407. The van der Waals surface area contributed by atoms with E-state index >= 15 is 0 Å². The molecule has 2 aromatic carbocycles. The number of ether oxygens (including phenoxy) is 1. The molecule has 1 aliphatic rings. The monoisotopic (exact) mass is 446 g/mol. The van der Waals surface area contributed by atoms with Gasteiger partial charge in [0.25, 0.3) is 0 Å². The van der Waals surface area contributed by atoms with Gasteiger partial charge < -0.3 is 10.1 Å². The second kappa shape index (κ2) is 10.7. The van der Waals surface area contributed by atoms with Gasteiger partial charge in [0.15, 0.2) is 0 Å². The Morgan fingerprint density at radius 2 is 1.85 bits per heavy atom. The Morgan fingerprint density at radius 3 is 2.55 bits per heavy atom. The van der Waals surface area contributed by atoms with E-state index in [0.29, 0.717) is 18.3 Å². The maximum Gasteiger partial charge on any atom is 0.229 e. The largest absolute Gasteiger partial charge is 0.497 e. The van der Waals surface area contributed by atoms with Crippen LogP contribution in [0.25, 0.3) is 0 Å². The van der Waals surface area contributed by atoms with Crippen LogP contribution in [0.4, 0.5) is 5.82 Å². The van der Waals surface area contributed by atoms with Gasteiger partial charge >= 0.3 is 0 Å². The number of H-pyrrole nitrogens is 1. The molecule has 0 unspecified atom stereocenters. The molecule has 4 rings (SSSR count). The maximum atomic E-state index is 12.6. The number of nitrogens with zero attached hydrogens (tertiary/aromatic N) is 2. The summed E-state index contributed by atoms with van der Waals surface area (Å²) in [6.07, 6.45) is 4.33. The minimum Gasteiger partial charge on any atom is -0.497 e. The summed E-state index contributed by atoms with van der Waals surface area (Å²) in [5, 5.41) is 10.2. The van der Waals surface area contributed by atoms with Crippen LogP contribution in [0.1, 0.15) is 60.8 Å². The van der Waals surface area contributed by atoms with Gasteiger partial charge in [-0.1, -0.05) is 50.2 Å². The van der Waals surface area contributed by atoms with Crippen molar-refractivity contribution in [1.29, 1.82) is 0 Å². The van der Waals surface area contributed by atoms with Crippen LogP contribution in [-0.4, -0.2) is 41.2 Å². The number of amides is 1. The van der Waals surface area contributed by atoms with Gasteiger partial charge in [0, 0.05) is 12.1 Å². The number of rotatable bonds is 10. The first-order chi connectivity index (χ1) is 16.1. The van der Waals surface area contributed by atoms with Crippen LogP contribution in [0.2, 0.25) is 0 Å². The van der Waals surface area contributed by atoms with Gasteiger partial charge in [-0.05, 0) is 66.6 Å². The van der Waals surface area contributed by atoms with Gasteiger partial charge in [0.1, 0.15) is 11.6 Å². The third-order valence-corrected chi connectivity index (χ3v) is 6.76. The number of benzene rings is 2.